The van der Waals surface area contributed by atoms with Crippen molar-refractivity contribution in [1.82, 2.24) is 0 Å². The van der Waals surface area contributed by atoms with Crippen molar-refractivity contribution in [2.75, 3.05) is 13.2 Å². The molecule has 1 saturated carbocycles. The van der Waals surface area contributed by atoms with Gasteiger partial charge in [0.15, 0.2) is 0 Å². The Labute approximate surface area is 92.9 Å². The second kappa shape index (κ2) is 3.44. The van der Waals surface area contributed by atoms with Crippen LogP contribution in [-0.4, -0.2) is 21.8 Å². The van der Waals surface area contributed by atoms with E-state index in [0.717, 1.165) is 30.6 Å². The summed E-state index contributed by atoms with van der Waals surface area (Å²) >= 11 is 0. The van der Waals surface area contributed by atoms with Gasteiger partial charge in [-0.15, -0.1) is 0 Å². The van der Waals surface area contributed by atoms with Crippen LogP contribution in [0.25, 0.3) is 0 Å². The molecule has 0 amide bonds. The van der Waals surface area contributed by atoms with E-state index in [-0.39, 0.29) is 0 Å². The molecule has 3 rings (SSSR count). The lowest BCUT2D eigenvalue weighted by Crippen LogP contribution is -2.50. The maximum absolute atomic E-state index is 6.10. The lowest BCUT2D eigenvalue weighted by Gasteiger charge is -2.40. The van der Waals surface area contributed by atoms with Gasteiger partial charge in [-0.2, -0.15) is 0 Å². The first-order valence-corrected chi connectivity index (χ1v) is 8.53. The summed E-state index contributed by atoms with van der Waals surface area (Å²) in [4.78, 5) is 0. The molecule has 1 aliphatic heterocycles. The zero-order valence-corrected chi connectivity index (χ0v) is 10.6. The average molecular weight is 224 g/mol. The summed E-state index contributed by atoms with van der Waals surface area (Å²) in [6.45, 7) is 6.31. The molecular weight excluding hydrogens is 204 g/mol. The minimum Gasteiger partial charge on any atom is -0.394 e. The van der Waals surface area contributed by atoms with Crippen LogP contribution in [0.5, 0.6) is 0 Å². The molecule has 3 atom stereocenters. The molecule has 0 aromatic heterocycles. The van der Waals surface area contributed by atoms with E-state index in [1.54, 1.807) is 0 Å². The Balaban J connectivity index is 1.74. The van der Waals surface area contributed by atoms with Gasteiger partial charge in [-0.1, -0.05) is 19.1 Å². The van der Waals surface area contributed by atoms with Crippen molar-refractivity contribution in [3.63, 3.8) is 0 Å². The van der Waals surface area contributed by atoms with Gasteiger partial charge in [-0.25, -0.2) is 0 Å². The monoisotopic (exact) mass is 224 g/mol. The third-order valence-electron chi connectivity index (χ3n) is 4.26. The molecule has 2 bridgehead atoms. The molecule has 0 aromatic carbocycles. The minimum absolute atomic E-state index is 0.583. The first-order chi connectivity index (χ1) is 7.17. The highest BCUT2D eigenvalue weighted by Gasteiger charge is 2.52. The third-order valence-corrected chi connectivity index (χ3v) is 7.75. The van der Waals surface area contributed by atoms with Gasteiger partial charge in [0.25, 0.3) is 0 Å². The predicted octanol–water partition coefficient (Wildman–Crippen LogP) is 2.71. The number of hydrogen-bond donors (Lipinski definition) is 0. The summed E-state index contributed by atoms with van der Waals surface area (Å²) in [5.74, 6) is 2.18. The van der Waals surface area contributed by atoms with Crippen molar-refractivity contribution in [2.45, 2.75) is 31.9 Å². The maximum Gasteiger partial charge on any atom is 0.338 e. The van der Waals surface area contributed by atoms with Crippen molar-refractivity contribution in [3.05, 3.63) is 12.2 Å². The summed E-state index contributed by atoms with van der Waals surface area (Å²) in [6.07, 6.45) is 7.47. The second-order valence-electron chi connectivity index (χ2n) is 5.63. The van der Waals surface area contributed by atoms with Crippen LogP contribution in [0, 0.1) is 17.8 Å². The van der Waals surface area contributed by atoms with Gasteiger partial charge in [-0.3, -0.25) is 0 Å². The first-order valence-electron chi connectivity index (χ1n) is 6.13. The van der Waals surface area contributed by atoms with Crippen molar-refractivity contribution < 1.29 is 8.85 Å². The normalized spacial score (nSPS) is 53.7. The SMILES string of the molecule is CC1CO[Si](C)(C2CC3C=CC2C3)OC1. The van der Waals surface area contributed by atoms with E-state index in [1.165, 1.54) is 12.8 Å². The van der Waals surface area contributed by atoms with E-state index in [1.807, 2.05) is 0 Å². The predicted molar refractivity (Wildman–Crippen MR) is 61.8 cm³/mol. The highest BCUT2D eigenvalue weighted by atomic mass is 28.4. The Morgan fingerprint density at radius 3 is 2.40 bits per heavy atom. The topological polar surface area (TPSA) is 18.5 Å². The Hall–Kier alpha value is -0.123. The van der Waals surface area contributed by atoms with E-state index in [2.05, 4.69) is 25.6 Å². The lowest BCUT2D eigenvalue weighted by atomic mass is 10.1. The molecule has 15 heavy (non-hydrogen) atoms. The van der Waals surface area contributed by atoms with Gasteiger partial charge in [-0.05, 0) is 31.2 Å². The molecule has 84 valence electrons. The van der Waals surface area contributed by atoms with Gasteiger partial charge < -0.3 is 8.85 Å². The van der Waals surface area contributed by atoms with Crippen molar-refractivity contribution in [1.29, 1.82) is 0 Å². The minimum atomic E-state index is -1.85. The Morgan fingerprint density at radius 1 is 1.13 bits per heavy atom. The fourth-order valence-electron chi connectivity index (χ4n) is 3.30. The van der Waals surface area contributed by atoms with Crippen LogP contribution >= 0.6 is 0 Å². The fourth-order valence-corrected chi connectivity index (χ4v) is 6.80. The van der Waals surface area contributed by atoms with Crippen LogP contribution in [-0.2, 0) is 8.85 Å². The Bertz CT molecular complexity index is 281. The summed E-state index contributed by atoms with van der Waals surface area (Å²) in [5.41, 5.74) is 0.722. The number of rotatable bonds is 1. The highest BCUT2D eigenvalue weighted by Crippen LogP contribution is 2.52. The largest absolute Gasteiger partial charge is 0.394 e. The Kier molecular flexibility index (Phi) is 2.30. The van der Waals surface area contributed by atoms with E-state index in [9.17, 15) is 0 Å². The van der Waals surface area contributed by atoms with E-state index < -0.39 is 8.56 Å². The van der Waals surface area contributed by atoms with Crippen LogP contribution in [0.15, 0.2) is 12.2 Å². The zero-order chi connectivity index (χ0) is 10.5. The van der Waals surface area contributed by atoms with Gasteiger partial charge in [0.1, 0.15) is 0 Å². The zero-order valence-electron chi connectivity index (χ0n) is 9.61. The molecule has 3 unspecified atom stereocenters. The molecule has 0 radical (unpaired) electrons. The van der Waals surface area contributed by atoms with E-state index >= 15 is 0 Å². The summed E-state index contributed by atoms with van der Waals surface area (Å²) in [7, 11) is -1.85. The first kappa shape index (κ1) is 10.1. The standard InChI is InChI=1S/C12H20O2Si/c1-9-7-13-15(2,14-8-9)12-6-10-3-4-11(12)5-10/h3-4,9-12H,5-8H2,1-2H3. The molecule has 2 aliphatic carbocycles. The van der Waals surface area contributed by atoms with Crippen LogP contribution in [0.3, 0.4) is 0 Å². The fraction of sp³-hybridized carbons (Fsp3) is 0.833. The molecule has 1 saturated heterocycles. The molecule has 3 aliphatic rings. The lowest BCUT2D eigenvalue weighted by molar-refractivity contribution is 0.0616. The van der Waals surface area contributed by atoms with Crippen LogP contribution < -0.4 is 0 Å². The second-order valence-corrected chi connectivity index (χ2v) is 8.98. The molecule has 1 heterocycles. The van der Waals surface area contributed by atoms with Gasteiger partial charge >= 0.3 is 8.56 Å². The molecule has 3 heteroatoms. The summed E-state index contributed by atoms with van der Waals surface area (Å²) in [6, 6.07) is 0. The summed E-state index contributed by atoms with van der Waals surface area (Å²) in [5, 5.41) is 0. The van der Waals surface area contributed by atoms with Crippen LogP contribution in [0.1, 0.15) is 19.8 Å². The van der Waals surface area contributed by atoms with Gasteiger partial charge in [0, 0.05) is 24.7 Å². The van der Waals surface area contributed by atoms with Crippen LogP contribution in [0.2, 0.25) is 12.1 Å². The van der Waals surface area contributed by atoms with Crippen LogP contribution in [0.4, 0.5) is 0 Å². The Morgan fingerprint density at radius 2 is 1.87 bits per heavy atom. The molecule has 0 N–H and O–H groups in total. The number of hydrogen-bond acceptors (Lipinski definition) is 2. The molecular formula is C12H20O2Si. The molecule has 0 aromatic rings. The quantitative estimate of drug-likeness (QED) is 0.503. The molecule has 0 spiro atoms. The van der Waals surface area contributed by atoms with Crippen molar-refractivity contribution in [3.8, 4) is 0 Å². The molecule has 2 fully saturated rings. The number of allylic oxidation sites excluding steroid dienone is 2. The third kappa shape index (κ3) is 1.61. The maximum atomic E-state index is 6.10. The van der Waals surface area contributed by atoms with E-state index in [0.29, 0.717) is 5.92 Å². The van der Waals surface area contributed by atoms with Gasteiger partial charge in [0.2, 0.25) is 0 Å². The van der Waals surface area contributed by atoms with Crippen molar-refractivity contribution in [2.24, 2.45) is 17.8 Å². The average Bonchev–Trinajstić information content (AvgIpc) is 2.84. The smallest absolute Gasteiger partial charge is 0.338 e. The van der Waals surface area contributed by atoms with E-state index in [4.69, 9.17) is 8.85 Å². The molecule has 2 nitrogen and oxygen atoms in total. The number of fused-ring (bicyclic) bond motifs is 2. The van der Waals surface area contributed by atoms with Crippen molar-refractivity contribution >= 4 is 8.56 Å². The highest BCUT2D eigenvalue weighted by molar-refractivity contribution is 6.68. The summed E-state index contributed by atoms with van der Waals surface area (Å²) < 4.78 is 12.2. The van der Waals surface area contributed by atoms with Gasteiger partial charge in [0.05, 0.1) is 0 Å².